The van der Waals surface area contributed by atoms with Crippen molar-refractivity contribution in [2.24, 2.45) is 0 Å². The topological polar surface area (TPSA) is 88.9 Å². The molecule has 0 radical (unpaired) electrons. The summed E-state index contributed by atoms with van der Waals surface area (Å²) in [6.45, 7) is 8.92. The number of ether oxygens (including phenoxy) is 1. The van der Waals surface area contributed by atoms with E-state index in [9.17, 15) is 4.79 Å². The molecule has 8 heteroatoms. The largest absolute Gasteiger partial charge is 0.376 e. The van der Waals surface area contributed by atoms with Crippen molar-refractivity contribution in [1.82, 2.24) is 30.1 Å². The van der Waals surface area contributed by atoms with Gasteiger partial charge in [0.15, 0.2) is 5.82 Å². The summed E-state index contributed by atoms with van der Waals surface area (Å²) in [4.78, 5) is 18.8. The van der Waals surface area contributed by atoms with Crippen LogP contribution in [0.2, 0.25) is 0 Å². The number of aromatic amines is 1. The van der Waals surface area contributed by atoms with E-state index in [2.05, 4.69) is 82.6 Å². The predicted molar refractivity (Wildman–Crippen MR) is 144 cm³/mol. The Hall–Kier alpha value is -3.36. The molecular formula is C29H36N6O2. The van der Waals surface area contributed by atoms with E-state index in [1.54, 1.807) is 0 Å². The molecule has 1 fully saturated rings. The highest BCUT2D eigenvalue weighted by Crippen LogP contribution is 2.29. The Kier molecular flexibility index (Phi) is 7.76. The molecule has 37 heavy (non-hydrogen) atoms. The molecule has 0 saturated carbocycles. The van der Waals surface area contributed by atoms with Crippen molar-refractivity contribution in [3.8, 4) is 0 Å². The van der Waals surface area contributed by atoms with Gasteiger partial charge in [0.2, 0.25) is 0 Å². The van der Waals surface area contributed by atoms with Crippen LogP contribution in [0.1, 0.15) is 66.7 Å². The van der Waals surface area contributed by atoms with E-state index in [1.807, 2.05) is 16.8 Å². The fourth-order valence-electron chi connectivity index (χ4n) is 5.31. The molecule has 2 aromatic heterocycles. The minimum Gasteiger partial charge on any atom is -0.376 e. The molecule has 1 saturated heterocycles. The van der Waals surface area contributed by atoms with E-state index in [0.717, 1.165) is 60.1 Å². The second-order valence-corrected chi connectivity index (χ2v) is 10.1. The SMILES string of the molecule is CCC[C@@H](c1nnnn1C[C@H]1CCCO1)N(Cc1ccccc1)Cc1cc2ccc(C)c(C)c2[nH]c1=O. The van der Waals surface area contributed by atoms with Crippen molar-refractivity contribution in [2.75, 3.05) is 6.61 Å². The lowest BCUT2D eigenvalue weighted by atomic mass is 10.0. The predicted octanol–water partition coefficient (Wildman–Crippen LogP) is 4.85. The maximum Gasteiger partial charge on any atom is 0.252 e. The number of tetrazole rings is 1. The summed E-state index contributed by atoms with van der Waals surface area (Å²) < 4.78 is 7.78. The summed E-state index contributed by atoms with van der Waals surface area (Å²) in [5.74, 6) is 0.831. The number of aryl methyl sites for hydroxylation is 2. The van der Waals surface area contributed by atoms with Crippen LogP contribution >= 0.6 is 0 Å². The lowest BCUT2D eigenvalue weighted by molar-refractivity contribution is 0.0885. The number of hydrogen-bond acceptors (Lipinski definition) is 6. The summed E-state index contributed by atoms with van der Waals surface area (Å²) >= 11 is 0. The normalized spacial score (nSPS) is 16.6. The Morgan fingerprint density at radius 1 is 1.16 bits per heavy atom. The van der Waals surface area contributed by atoms with Crippen LogP contribution in [0.3, 0.4) is 0 Å². The Bertz CT molecular complexity index is 1390. The number of nitrogens with one attached hydrogen (secondary N) is 1. The fourth-order valence-corrected chi connectivity index (χ4v) is 5.31. The van der Waals surface area contributed by atoms with E-state index in [1.165, 1.54) is 11.1 Å². The van der Waals surface area contributed by atoms with E-state index in [0.29, 0.717) is 19.6 Å². The number of benzene rings is 2. The molecule has 0 aliphatic carbocycles. The van der Waals surface area contributed by atoms with E-state index < -0.39 is 0 Å². The third-order valence-electron chi connectivity index (χ3n) is 7.49. The average Bonchev–Trinajstić information content (AvgIpc) is 3.59. The van der Waals surface area contributed by atoms with Gasteiger partial charge in [-0.2, -0.15) is 0 Å². The van der Waals surface area contributed by atoms with Crippen LogP contribution < -0.4 is 5.56 Å². The van der Waals surface area contributed by atoms with Crippen molar-refractivity contribution in [3.05, 3.63) is 87.0 Å². The van der Waals surface area contributed by atoms with Gasteiger partial charge in [-0.25, -0.2) is 4.68 Å². The third kappa shape index (κ3) is 5.65. The van der Waals surface area contributed by atoms with Gasteiger partial charge in [-0.1, -0.05) is 55.8 Å². The van der Waals surface area contributed by atoms with Crippen molar-refractivity contribution < 1.29 is 4.74 Å². The molecule has 1 aliphatic heterocycles. The van der Waals surface area contributed by atoms with E-state index in [4.69, 9.17) is 4.74 Å². The van der Waals surface area contributed by atoms with Crippen LogP contribution in [0.5, 0.6) is 0 Å². The quantitative estimate of drug-likeness (QED) is 0.335. The number of rotatable bonds is 10. The van der Waals surface area contributed by atoms with E-state index >= 15 is 0 Å². The number of aromatic nitrogens is 5. The molecule has 0 spiro atoms. The number of nitrogens with zero attached hydrogens (tertiary/aromatic N) is 5. The van der Waals surface area contributed by atoms with Gasteiger partial charge in [-0.3, -0.25) is 9.69 Å². The smallest absolute Gasteiger partial charge is 0.252 e. The maximum atomic E-state index is 13.3. The first-order valence-electron chi connectivity index (χ1n) is 13.3. The average molecular weight is 501 g/mol. The first-order chi connectivity index (χ1) is 18.0. The lowest BCUT2D eigenvalue weighted by Crippen LogP contribution is -2.33. The van der Waals surface area contributed by atoms with Crippen LogP contribution in [0.15, 0.2) is 53.3 Å². The maximum absolute atomic E-state index is 13.3. The Balaban J connectivity index is 1.52. The van der Waals surface area contributed by atoms with Gasteiger partial charge in [-0.15, -0.1) is 5.10 Å². The number of fused-ring (bicyclic) bond motifs is 1. The summed E-state index contributed by atoms with van der Waals surface area (Å²) in [5.41, 5.74) is 5.07. The van der Waals surface area contributed by atoms with E-state index in [-0.39, 0.29) is 17.7 Å². The first kappa shape index (κ1) is 25.3. The molecule has 1 N–H and O–H groups in total. The second-order valence-electron chi connectivity index (χ2n) is 10.1. The van der Waals surface area contributed by atoms with Crippen LogP contribution in [0.4, 0.5) is 0 Å². The van der Waals surface area contributed by atoms with Gasteiger partial charge < -0.3 is 9.72 Å². The standard InChI is InChI=1S/C29H36N6O2/c1-4-9-26(28-31-32-33-35(28)19-25-12-8-15-37-25)34(17-22-10-6-5-7-11-22)18-24-16-23-14-13-20(2)21(3)27(23)30-29(24)36/h5-7,10-11,13-14,16,25-26H,4,8-9,12,15,17-19H2,1-3H3,(H,30,36)/t25-,26+/m1/s1. The first-order valence-corrected chi connectivity index (χ1v) is 13.3. The summed E-state index contributed by atoms with van der Waals surface area (Å²) in [6, 6.07) is 16.6. The highest BCUT2D eigenvalue weighted by Gasteiger charge is 2.28. The van der Waals surface area contributed by atoms with Gasteiger partial charge in [0.05, 0.1) is 24.2 Å². The second kappa shape index (κ2) is 11.4. The van der Waals surface area contributed by atoms with Gasteiger partial charge in [0.25, 0.3) is 5.56 Å². The minimum atomic E-state index is -0.0477. The Morgan fingerprint density at radius 2 is 2.00 bits per heavy atom. The summed E-state index contributed by atoms with van der Waals surface area (Å²) in [5, 5.41) is 13.9. The van der Waals surface area contributed by atoms with Gasteiger partial charge in [0.1, 0.15) is 0 Å². The fraction of sp³-hybridized carbons (Fsp3) is 0.448. The lowest BCUT2D eigenvalue weighted by Gasteiger charge is -2.31. The molecule has 4 aromatic rings. The Morgan fingerprint density at radius 3 is 2.76 bits per heavy atom. The Labute approximate surface area is 217 Å². The summed E-state index contributed by atoms with van der Waals surface area (Å²) in [7, 11) is 0. The molecule has 2 aromatic carbocycles. The van der Waals surface area contributed by atoms with Crippen LogP contribution in [-0.2, 0) is 24.4 Å². The highest BCUT2D eigenvalue weighted by molar-refractivity contribution is 5.83. The number of hydrogen-bond donors (Lipinski definition) is 1. The zero-order valence-electron chi connectivity index (χ0n) is 22.0. The van der Waals surface area contributed by atoms with Crippen LogP contribution in [-0.4, -0.2) is 42.8 Å². The molecule has 0 bridgehead atoms. The van der Waals surface area contributed by atoms with Gasteiger partial charge in [-0.05, 0) is 71.7 Å². The molecule has 8 nitrogen and oxygen atoms in total. The summed E-state index contributed by atoms with van der Waals surface area (Å²) in [6.07, 6.45) is 4.08. The number of pyridine rings is 1. The van der Waals surface area contributed by atoms with Crippen molar-refractivity contribution in [1.29, 1.82) is 0 Å². The molecule has 5 rings (SSSR count). The number of H-pyrrole nitrogens is 1. The highest BCUT2D eigenvalue weighted by atomic mass is 16.5. The molecule has 2 atom stereocenters. The van der Waals surface area contributed by atoms with Crippen molar-refractivity contribution >= 4 is 10.9 Å². The molecule has 0 unspecified atom stereocenters. The molecule has 1 aliphatic rings. The van der Waals surface area contributed by atoms with Crippen molar-refractivity contribution in [2.45, 2.75) is 78.2 Å². The minimum absolute atomic E-state index is 0.0449. The van der Waals surface area contributed by atoms with Crippen LogP contribution in [0.25, 0.3) is 10.9 Å². The monoisotopic (exact) mass is 500 g/mol. The van der Waals surface area contributed by atoms with Crippen molar-refractivity contribution in [3.63, 3.8) is 0 Å². The molecule has 3 heterocycles. The third-order valence-corrected chi connectivity index (χ3v) is 7.49. The van der Waals surface area contributed by atoms with Gasteiger partial charge >= 0.3 is 0 Å². The van der Waals surface area contributed by atoms with Gasteiger partial charge in [0, 0.05) is 25.3 Å². The van der Waals surface area contributed by atoms with Crippen LogP contribution in [0, 0.1) is 13.8 Å². The molecule has 194 valence electrons. The molecular weight excluding hydrogens is 464 g/mol. The zero-order chi connectivity index (χ0) is 25.8. The molecule has 0 amide bonds. The zero-order valence-corrected chi connectivity index (χ0v) is 22.0.